The van der Waals surface area contributed by atoms with Crippen LogP contribution in [0.1, 0.15) is 33.6 Å². The van der Waals surface area contributed by atoms with E-state index in [9.17, 15) is 0 Å². The summed E-state index contributed by atoms with van der Waals surface area (Å²) in [5.74, 6) is 2.37. The maximum Gasteiger partial charge on any atom is 0.0525 e. The summed E-state index contributed by atoms with van der Waals surface area (Å²) in [6.07, 6.45) is 2.66. The summed E-state index contributed by atoms with van der Waals surface area (Å²) >= 11 is 0. The standard InChI is InChI=1S/C8H19NS2/c1-4-5-6-10-11-7-9-8(2)3/h8-9H,4-7H2,1-3H3. The molecule has 0 aromatic heterocycles. The fourth-order valence-corrected chi connectivity index (χ4v) is 2.67. The molecule has 0 aliphatic carbocycles. The van der Waals surface area contributed by atoms with Crippen LogP contribution >= 0.6 is 21.6 Å². The van der Waals surface area contributed by atoms with Crippen LogP contribution in [0.3, 0.4) is 0 Å². The topological polar surface area (TPSA) is 12.0 Å². The molecule has 0 aromatic carbocycles. The lowest BCUT2D eigenvalue weighted by molar-refractivity contribution is 0.656. The van der Waals surface area contributed by atoms with Crippen LogP contribution in [0, 0.1) is 0 Å². The second-order valence-electron chi connectivity index (χ2n) is 2.80. The molecule has 0 rings (SSSR count). The Hall–Kier alpha value is 0.660. The van der Waals surface area contributed by atoms with E-state index in [0.717, 1.165) is 5.88 Å². The van der Waals surface area contributed by atoms with Crippen molar-refractivity contribution in [1.82, 2.24) is 5.32 Å². The molecular weight excluding hydrogens is 174 g/mol. The Morgan fingerprint density at radius 1 is 1.27 bits per heavy atom. The maximum absolute atomic E-state index is 3.36. The van der Waals surface area contributed by atoms with E-state index < -0.39 is 0 Å². The van der Waals surface area contributed by atoms with Gasteiger partial charge in [0.15, 0.2) is 0 Å². The van der Waals surface area contributed by atoms with Gasteiger partial charge in [0.25, 0.3) is 0 Å². The van der Waals surface area contributed by atoms with Crippen LogP contribution in [0.5, 0.6) is 0 Å². The summed E-state index contributed by atoms with van der Waals surface area (Å²) < 4.78 is 0. The minimum atomic E-state index is 0.620. The van der Waals surface area contributed by atoms with Gasteiger partial charge in [-0.1, -0.05) is 48.8 Å². The molecule has 0 aromatic rings. The SMILES string of the molecule is CCCCSSCNC(C)C. The van der Waals surface area contributed by atoms with Crippen LogP contribution in [0.2, 0.25) is 0 Å². The van der Waals surface area contributed by atoms with E-state index in [1.807, 2.05) is 21.6 Å². The summed E-state index contributed by atoms with van der Waals surface area (Å²) in [4.78, 5) is 0. The largest absolute Gasteiger partial charge is 0.305 e. The molecule has 0 aliphatic heterocycles. The summed E-state index contributed by atoms with van der Waals surface area (Å²) in [6.45, 7) is 6.59. The Kier molecular flexibility index (Phi) is 9.28. The molecule has 0 bridgehead atoms. The van der Waals surface area contributed by atoms with E-state index in [0.29, 0.717) is 6.04 Å². The zero-order valence-corrected chi connectivity index (χ0v) is 9.36. The Balaban J connectivity index is 2.80. The van der Waals surface area contributed by atoms with Crippen molar-refractivity contribution in [1.29, 1.82) is 0 Å². The van der Waals surface area contributed by atoms with Crippen LogP contribution in [0.15, 0.2) is 0 Å². The first-order valence-corrected chi connectivity index (χ1v) is 6.74. The molecule has 68 valence electrons. The lowest BCUT2D eigenvalue weighted by atomic mass is 10.4. The van der Waals surface area contributed by atoms with Gasteiger partial charge in [0.2, 0.25) is 0 Å². The molecule has 11 heavy (non-hydrogen) atoms. The Labute approximate surface area is 78.5 Å². The van der Waals surface area contributed by atoms with E-state index in [-0.39, 0.29) is 0 Å². The first-order valence-electron chi connectivity index (χ1n) is 4.25. The fourth-order valence-electron chi connectivity index (χ4n) is 0.505. The summed E-state index contributed by atoms with van der Waals surface area (Å²) in [6, 6.07) is 0.620. The van der Waals surface area contributed by atoms with Gasteiger partial charge in [-0.05, 0) is 6.42 Å². The van der Waals surface area contributed by atoms with Gasteiger partial charge in [0.05, 0.1) is 5.88 Å². The Morgan fingerprint density at radius 2 is 2.00 bits per heavy atom. The van der Waals surface area contributed by atoms with E-state index in [2.05, 4.69) is 26.1 Å². The molecule has 0 saturated carbocycles. The molecule has 0 fully saturated rings. The molecule has 1 nitrogen and oxygen atoms in total. The average molecular weight is 193 g/mol. The zero-order valence-electron chi connectivity index (χ0n) is 7.72. The van der Waals surface area contributed by atoms with Gasteiger partial charge in [-0.2, -0.15) is 0 Å². The van der Waals surface area contributed by atoms with Crippen molar-refractivity contribution in [2.45, 2.75) is 39.7 Å². The predicted octanol–water partition coefficient (Wildman–Crippen LogP) is 3.12. The predicted molar refractivity (Wildman–Crippen MR) is 58.1 cm³/mol. The first-order chi connectivity index (χ1) is 5.27. The van der Waals surface area contributed by atoms with Gasteiger partial charge in [0, 0.05) is 11.8 Å². The van der Waals surface area contributed by atoms with Gasteiger partial charge in [-0.3, -0.25) is 0 Å². The van der Waals surface area contributed by atoms with Crippen LogP contribution in [-0.2, 0) is 0 Å². The monoisotopic (exact) mass is 193 g/mol. The number of hydrogen-bond acceptors (Lipinski definition) is 3. The molecule has 0 amide bonds. The van der Waals surface area contributed by atoms with Gasteiger partial charge < -0.3 is 5.32 Å². The molecule has 0 atom stereocenters. The molecule has 0 aliphatic rings. The number of rotatable bonds is 7. The fraction of sp³-hybridized carbons (Fsp3) is 1.00. The third-order valence-corrected chi connectivity index (χ3v) is 3.48. The third-order valence-electron chi connectivity index (χ3n) is 1.22. The highest BCUT2D eigenvalue weighted by molar-refractivity contribution is 8.76. The Bertz CT molecular complexity index is 76.5. The van der Waals surface area contributed by atoms with Crippen molar-refractivity contribution in [3.63, 3.8) is 0 Å². The molecule has 0 spiro atoms. The molecule has 0 radical (unpaired) electrons. The Morgan fingerprint density at radius 3 is 2.55 bits per heavy atom. The smallest absolute Gasteiger partial charge is 0.0525 e. The van der Waals surface area contributed by atoms with Crippen molar-refractivity contribution < 1.29 is 0 Å². The average Bonchev–Trinajstić information content (AvgIpc) is 1.96. The van der Waals surface area contributed by atoms with Crippen molar-refractivity contribution in [2.24, 2.45) is 0 Å². The molecule has 1 N–H and O–H groups in total. The maximum atomic E-state index is 3.36. The van der Waals surface area contributed by atoms with Crippen LogP contribution in [-0.4, -0.2) is 17.7 Å². The van der Waals surface area contributed by atoms with Gasteiger partial charge in [-0.25, -0.2) is 0 Å². The lowest BCUT2D eigenvalue weighted by Gasteiger charge is -2.06. The molecule has 0 saturated heterocycles. The highest BCUT2D eigenvalue weighted by atomic mass is 33.1. The van der Waals surface area contributed by atoms with E-state index in [4.69, 9.17) is 0 Å². The van der Waals surface area contributed by atoms with Gasteiger partial charge >= 0.3 is 0 Å². The van der Waals surface area contributed by atoms with Crippen molar-refractivity contribution >= 4 is 21.6 Å². The van der Waals surface area contributed by atoms with Gasteiger partial charge in [-0.15, -0.1) is 0 Å². The number of nitrogens with one attached hydrogen (secondary N) is 1. The molecule has 0 heterocycles. The molecule has 0 unspecified atom stereocenters. The number of unbranched alkanes of at least 4 members (excludes halogenated alkanes) is 1. The second-order valence-corrected chi connectivity index (χ2v) is 5.38. The zero-order chi connectivity index (χ0) is 8.53. The van der Waals surface area contributed by atoms with Crippen molar-refractivity contribution in [3.8, 4) is 0 Å². The minimum Gasteiger partial charge on any atom is -0.305 e. The van der Waals surface area contributed by atoms with E-state index in [1.54, 1.807) is 0 Å². The number of hydrogen-bond donors (Lipinski definition) is 1. The van der Waals surface area contributed by atoms with Crippen LogP contribution in [0.25, 0.3) is 0 Å². The van der Waals surface area contributed by atoms with Crippen LogP contribution in [0.4, 0.5) is 0 Å². The van der Waals surface area contributed by atoms with E-state index >= 15 is 0 Å². The normalized spacial score (nSPS) is 10.9. The summed E-state index contributed by atoms with van der Waals surface area (Å²) in [7, 11) is 3.90. The third kappa shape index (κ3) is 10.7. The summed E-state index contributed by atoms with van der Waals surface area (Å²) in [5, 5.41) is 3.36. The van der Waals surface area contributed by atoms with Crippen molar-refractivity contribution in [3.05, 3.63) is 0 Å². The summed E-state index contributed by atoms with van der Waals surface area (Å²) in [5.41, 5.74) is 0. The quantitative estimate of drug-likeness (QED) is 0.379. The minimum absolute atomic E-state index is 0.620. The molecular formula is C8H19NS2. The van der Waals surface area contributed by atoms with E-state index in [1.165, 1.54) is 18.6 Å². The highest BCUT2D eigenvalue weighted by Crippen LogP contribution is 2.20. The lowest BCUT2D eigenvalue weighted by Crippen LogP contribution is -2.21. The molecule has 3 heteroatoms. The van der Waals surface area contributed by atoms with Gasteiger partial charge in [0.1, 0.15) is 0 Å². The second kappa shape index (κ2) is 8.75. The first kappa shape index (κ1) is 11.7. The van der Waals surface area contributed by atoms with Crippen LogP contribution < -0.4 is 5.32 Å². The van der Waals surface area contributed by atoms with Crippen molar-refractivity contribution in [2.75, 3.05) is 11.6 Å². The highest BCUT2D eigenvalue weighted by Gasteiger charge is 1.91.